The molecule has 1 aromatic heterocycles. The van der Waals surface area contributed by atoms with Crippen LogP contribution in [-0.4, -0.2) is 36.1 Å². The van der Waals surface area contributed by atoms with Gasteiger partial charge in [-0.3, -0.25) is 14.7 Å². The summed E-state index contributed by atoms with van der Waals surface area (Å²) in [6, 6.07) is 4.20. The van der Waals surface area contributed by atoms with E-state index in [2.05, 4.69) is 9.97 Å². The Morgan fingerprint density at radius 3 is 2.83 bits per heavy atom. The summed E-state index contributed by atoms with van der Waals surface area (Å²) in [6.45, 7) is 1.39. The van der Waals surface area contributed by atoms with Gasteiger partial charge in [0.15, 0.2) is 0 Å². The first-order valence-corrected chi connectivity index (χ1v) is 9.49. The summed E-state index contributed by atoms with van der Waals surface area (Å²) < 4.78 is 36.4. The molecule has 1 aliphatic heterocycles. The highest BCUT2D eigenvalue weighted by molar-refractivity contribution is 7.90. The molecule has 1 aliphatic rings. The lowest BCUT2D eigenvalue weighted by Crippen LogP contribution is -2.35. The van der Waals surface area contributed by atoms with Gasteiger partial charge in [0, 0.05) is 36.5 Å². The second-order valence-corrected chi connectivity index (χ2v) is 8.10. The van der Waals surface area contributed by atoms with Gasteiger partial charge < -0.3 is 0 Å². The van der Waals surface area contributed by atoms with E-state index >= 15 is 0 Å². The van der Waals surface area contributed by atoms with Crippen molar-refractivity contribution in [2.45, 2.75) is 24.7 Å². The van der Waals surface area contributed by atoms with Crippen LogP contribution in [0.5, 0.6) is 0 Å². The molecule has 0 aliphatic carbocycles. The molecule has 1 aromatic carbocycles. The van der Waals surface area contributed by atoms with Crippen LogP contribution in [0, 0.1) is 5.82 Å². The largest absolute Gasteiger partial charge is 0.297 e. The second kappa shape index (κ2) is 6.27. The minimum absolute atomic E-state index is 0.326. The lowest BCUT2D eigenvalue weighted by atomic mass is 10.1. The van der Waals surface area contributed by atoms with Crippen molar-refractivity contribution in [3.05, 3.63) is 56.2 Å². The highest BCUT2D eigenvalue weighted by Crippen LogP contribution is 2.22. The van der Waals surface area contributed by atoms with Gasteiger partial charge in [-0.2, -0.15) is 0 Å². The molecule has 0 fully saturated rings. The summed E-state index contributed by atoms with van der Waals surface area (Å²) in [6.07, 6.45) is 1.46. The number of aromatic amines is 1. The van der Waals surface area contributed by atoms with E-state index in [-0.39, 0.29) is 5.16 Å². The predicted octanol–water partition coefficient (Wildman–Crippen LogP) is 1.52. The van der Waals surface area contributed by atoms with Crippen LogP contribution in [0.3, 0.4) is 0 Å². The molecule has 0 radical (unpaired) electrons. The fourth-order valence-corrected chi connectivity index (χ4v) is 3.45. The van der Waals surface area contributed by atoms with E-state index in [0.29, 0.717) is 42.3 Å². The Labute approximate surface area is 143 Å². The number of aromatic nitrogens is 2. The smallest absolute Gasteiger partial charge is 0.255 e. The summed E-state index contributed by atoms with van der Waals surface area (Å²) in [5.74, 6) is -0.404. The fourth-order valence-electron chi connectivity index (χ4n) is 2.67. The summed E-state index contributed by atoms with van der Waals surface area (Å²) in [7, 11) is -3.59. The third-order valence-corrected chi connectivity index (χ3v) is 5.14. The molecule has 3 rings (SSSR count). The topological polar surface area (TPSA) is 83.1 Å². The van der Waals surface area contributed by atoms with Crippen molar-refractivity contribution in [2.75, 3.05) is 12.8 Å². The van der Waals surface area contributed by atoms with E-state index in [1.807, 2.05) is 4.90 Å². The number of halogens is 2. The van der Waals surface area contributed by atoms with Crippen molar-refractivity contribution in [2.24, 2.45) is 0 Å². The maximum Gasteiger partial charge on any atom is 0.255 e. The zero-order valence-corrected chi connectivity index (χ0v) is 14.4. The molecule has 6 nitrogen and oxygen atoms in total. The maximum absolute atomic E-state index is 13.1. The molecule has 9 heteroatoms. The van der Waals surface area contributed by atoms with Crippen molar-refractivity contribution in [1.82, 2.24) is 14.9 Å². The molecule has 0 amide bonds. The average Bonchev–Trinajstić information content (AvgIpc) is 2.49. The first-order chi connectivity index (χ1) is 11.2. The summed E-state index contributed by atoms with van der Waals surface area (Å²) in [5.41, 5.74) is 1.29. The van der Waals surface area contributed by atoms with Crippen LogP contribution in [-0.2, 0) is 29.3 Å². The second-order valence-electron chi connectivity index (χ2n) is 5.76. The minimum atomic E-state index is -3.59. The van der Waals surface area contributed by atoms with Gasteiger partial charge in [-0.05, 0) is 24.1 Å². The van der Waals surface area contributed by atoms with E-state index in [0.717, 1.165) is 11.8 Å². The molecule has 128 valence electrons. The van der Waals surface area contributed by atoms with Gasteiger partial charge in [0.05, 0.1) is 5.69 Å². The maximum atomic E-state index is 13.1. The Balaban J connectivity index is 1.88. The molecule has 0 unspecified atom stereocenters. The number of hydrogen-bond acceptors (Lipinski definition) is 5. The van der Waals surface area contributed by atoms with Crippen LogP contribution in [0.25, 0.3) is 0 Å². The molecule has 0 spiro atoms. The Morgan fingerprint density at radius 2 is 2.17 bits per heavy atom. The van der Waals surface area contributed by atoms with Crippen molar-refractivity contribution in [1.29, 1.82) is 0 Å². The van der Waals surface area contributed by atoms with Crippen molar-refractivity contribution >= 4 is 21.4 Å². The molecule has 0 bridgehead atoms. The number of fused-ring (bicyclic) bond motifs is 1. The highest BCUT2D eigenvalue weighted by Gasteiger charge is 2.23. The van der Waals surface area contributed by atoms with Crippen LogP contribution in [0.2, 0.25) is 5.02 Å². The Hall–Kier alpha value is -1.77. The zero-order valence-electron chi connectivity index (χ0n) is 12.8. The minimum Gasteiger partial charge on any atom is -0.297 e. The highest BCUT2D eigenvalue weighted by atomic mass is 35.5. The number of H-pyrrole nitrogens is 1. The van der Waals surface area contributed by atoms with E-state index in [4.69, 9.17) is 11.6 Å². The Morgan fingerprint density at radius 1 is 1.42 bits per heavy atom. The van der Waals surface area contributed by atoms with E-state index in [1.54, 1.807) is 6.07 Å². The van der Waals surface area contributed by atoms with Crippen LogP contribution in [0.1, 0.15) is 16.8 Å². The molecule has 2 heterocycles. The molecule has 1 N–H and O–H groups in total. The van der Waals surface area contributed by atoms with Crippen LogP contribution >= 0.6 is 11.6 Å². The third-order valence-electron chi connectivity index (χ3n) is 3.89. The Bertz CT molecular complexity index is 959. The monoisotopic (exact) mass is 371 g/mol. The summed E-state index contributed by atoms with van der Waals surface area (Å²) in [5, 5.41) is 0.00408. The predicted molar refractivity (Wildman–Crippen MR) is 87.2 cm³/mol. The van der Waals surface area contributed by atoms with Gasteiger partial charge in [-0.1, -0.05) is 17.7 Å². The van der Waals surface area contributed by atoms with Crippen molar-refractivity contribution < 1.29 is 12.8 Å². The number of rotatable bonds is 3. The third kappa shape index (κ3) is 3.50. The van der Waals surface area contributed by atoms with Crippen molar-refractivity contribution in [3.8, 4) is 0 Å². The van der Waals surface area contributed by atoms with E-state index in [9.17, 15) is 17.6 Å². The first-order valence-electron chi connectivity index (χ1n) is 7.22. The van der Waals surface area contributed by atoms with Gasteiger partial charge in [-0.15, -0.1) is 0 Å². The fraction of sp³-hybridized carbons (Fsp3) is 0.333. The molecule has 2 aromatic rings. The zero-order chi connectivity index (χ0) is 17.5. The van der Waals surface area contributed by atoms with Crippen LogP contribution in [0.15, 0.2) is 28.2 Å². The van der Waals surface area contributed by atoms with Gasteiger partial charge in [0.2, 0.25) is 15.0 Å². The number of benzene rings is 1. The molecular weight excluding hydrogens is 357 g/mol. The van der Waals surface area contributed by atoms with Crippen molar-refractivity contribution in [3.63, 3.8) is 0 Å². The number of hydrogen-bond donors (Lipinski definition) is 1. The van der Waals surface area contributed by atoms with Gasteiger partial charge in [0.25, 0.3) is 5.56 Å². The first kappa shape index (κ1) is 17.1. The summed E-state index contributed by atoms with van der Waals surface area (Å²) >= 11 is 6.04. The summed E-state index contributed by atoms with van der Waals surface area (Å²) in [4.78, 5) is 20.4. The molecule has 0 saturated carbocycles. The van der Waals surface area contributed by atoms with E-state index < -0.39 is 21.2 Å². The molecule has 0 atom stereocenters. The average molecular weight is 372 g/mol. The van der Waals surface area contributed by atoms with Gasteiger partial charge in [-0.25, -0.2) is 17.8 Å². The molecule has 24 heavy (non-hydrogen) atoms. The SMILES string of the molecule is CS(=O)(=O)c1nc2c(c(=O)[nH]1)CCN(Cc1ccc(F)cc1Cl)C2. The molecular formula is C15H15ClFN3O3S. The number of sulfone groups is 1. The lowest BCUT2D eigenvalue weighted by Gasteiger charge is -2.27. The van der Waals surface area contributed by atoms with Crippen LogP contribution in [0.4, 0.5) is 4.39 Å². The van der Waals surface area contributed by atoms with Gasteiger partial charge >= 0.3 is 0 Å². The number of nitrogens with one attached hydrogen (secondary N) is 1. The lowest BCUT2D eigenvalue weighted by molar-refractivity contribution is 0.239. The standard InChI is InChI=1S/C15H15ClFN3O3S/c1-24(22,23)15-18-13-8-20(5-4-11(13)14(21)19-15)7-9-2-3-10(17)6-12(9)16/h2-3,6H,4-5,7-8H2,1H3,(H,18,19,21). The number of nitrogens with zero attached hydrogens (tertiary/aromatic N) is 2. The quantitative estimate of drug-likeness (QED) is 0.827. The van der Waals surface area contributed by atoms with E-state index in [1.165, 1.54) is 12.1 Å². The molecule has 0 saturated heterocycles. The Kier molecular flexibility index (Phi) is 4.46. The normalized spacial score (nSPS) is 15.3. The van der Waals surface area contributed by atoms with Gasteiger partial charge in [0.1, 0.15) is 5.82 Å². The van der Waals surface area contributed by atoms with Crippen LogP contribution < -0.4 is 5.56 Å².